The van der Waals surface area contributed by atoms with Crippen molar-refractivity contribution in [2.24, 2.45) is 0 Å². The molecule has 3 rings (SSSR count). The molecule has 2 aromatic rings. The van der Waals surface area contributed by atoms with Crippen molar-refractivity contribution in [3.8, 4) is 5.75 Å². The average molecular weight is 423 g/mol. The third kappa shape index (κ3) is 6.33. The molecule has 0 aromatic heterocycles. The molecule has 1 heterocycles. The molecule has 0 saturated carbocycles. The van der Waals surface area contributed by atoms with Crippen LogP contribution in [-0.2, 0) is 10.2 Å². The first kappa shape index (κ1) is 22.9. The van der Waals surface area contributed by atoms with Gasteiger partial charge in [-0.3, -0.25) is 9.59 Å². The Hall–Kier alpha value is -2.82. The SMILES string of the molecule is Cc1ccc(C(=O)N2CCN(C(=O)CCCOc3ccc(C(C)(C)C)cc3)CC2)cc1. The summed E-state index contributed by atoms with van der Waals surface area (Å²) in [5, 5.41) is 0. The summed E-state index contributed by atoms with van der Waals surface area (Å²) in [6, 6.07) is 15.8. The van der Waals surface area contributed by atoms with Crippen LogP contribution in [0.2, 0.25) is 0 Å². The number of nitrogens with zero attached hydrogens (tertiary/aromatic N) is 2. The van der Waals surface area contributed by atoms with Gasteiger partial charge in [-0.15, -0.1) is 0 Å². The van der Waals surface area contributed by atoms with Crippen LogP contribution < -0.4 is 4.74 Å². The lowest BCUT2D eigenvalue weighted by molar-refractivity contribution is -0.132. The standard InChI is InChI=1S/C26H34N2O3/c1-20-7-9-21(10-8-20)25(30)28-17-15-27(16-18-28)24(29)6-5-19-31-23-13-11-22(12-14-23)26(2,3)4/h7-14H,5-6,15-19H2,1-4H3. The maximum Gasteiger partial charge on any atom is 0.253 e. The van der Waals surface area contributed by atoms with E-state index in [2.05, 4.69) is 32.9 Å². The smallest absolute Gasteiger partial charge is 0.253 e. The summed E-state index contributed by atoms with van der Waals surface area (Å²) < 4.78 is 5.79. The predicted molar refractivity (Wildman–Crippen MR) is 124 cm³/mol. The zero-order valence-corrected chi connectivity index (χ0v) is 19.2. The Bertz CT molecular complexity index is 874. The average Bonchev–Trinajstić information content (AvgIpc) is 2.76. The number of benzene rings is 2. The fourth-order valence-corrected chi connectivity index (χ4v) is 3.66. The molecule has 1 fully saturated rings. The topological polar surface area (TPSA) is 49.9 Å². The second-order valence-corrected chi connectivity index (χ2v) is 9.27. The molecular weight excluding hydrogens is 388 g/mol. The zero-order valence-electron chi connectivity index (χ0n) is 19.2. The molecule has 0 N–H and O–H groups in total. The van der Waals surface area contributed by atoms with Crippen molar-refractivity contribution in [1.82, 2.24) is 9.80 Å². The zero-order chi connectivity index (χ0) is 22.4. The first-order chi connectivity index (χ1) is 14.7. The quantitative estimate of drug-likeness (QED) is 0.647. The molecule has 0 radical (unpaired) electrons. The minimum absolute atomic E-state index is 0.0398. The van der Waals surface area contributed by atoms with Gasteiger partial charge in [0.2, 0.25) is 5.91 Å². The number of amides is 2. The molecule has 5 heteroatoms. The van der Waals surface area contributed by atoms with Gasteiger partial charge in [-0.25, -0.2) is 0 Å². The molecule has 1 aliphatic heterocycles. The first-order valence-electron chi connectivity index (χ1n) is 11.1. The highest BCUT2D eigenvalue weighted by atomic mass is 16.5. The lowest BCUT2D eigenvalue weighted by Gasteiger charge is -2.35. The van der Waals surface area contributed by atoms with Crippen molar-refractivity contribution in [1.29, 1.82) is 0 Å². The first-order valence-corrected chi connectivity index (χ1v) is 11.1. The molecule has 1 saturated heterocycles. The summed E-state index contributed by atoms with van der Waals surface area (Å²) in [6.45, 7) is 11.4. The van der Waals surface area contributed by atoms with Gasteiger partial charge in [0.25, 0.3) is 5.91 Å². The molecule has 1 aliphatic rings. The summed E-state index contributed by atoms with van der Waals surface area (Å²) in [5.41, 5.74) is 3.24. The van der Waals surface area contributed by atoms with E-state index in [0.717, 1.165) is 11.3 Å². The van der Waals surface area contributed by atoms with Crippen LogP contribution >= 0.6 is 0 Å². The fraction of sp³-hybridized carbons (Fsp3) is 0.462. The van der Waals surface area contributed by atoms with Gasteiger partial charge < -0.3 is 14.5 Å². The number of rotatable bonds is 6. The Labute approximate surface area is 186 Å². The van der Waals surface area contributed by atoms with Gasteiger partial charge in [0.15, 0.2) is 0 Å². The van der Waals surface area contributed by atoms with Crippen LogP contribution in [0.5, 0.6) is 5.75 Å². The largest absolute Gasteiger partial charge is 0.494 e. The van der Waals surface area contributed by atoms with Crippen LogP contribution in [0.1, 0.15) is 55.1 Å². The molecule has 31 heavy (non-hydrogen) atoms. The molecule has 2 amide bonds. The van der Waals surface area contributed by atoms with Gasteiger partial charge in [-0.2, -0.15) is 0 Å². The summed E-state index contributed by atoms with van der Waals surface area (Å²) in [6.07, 6.45) is 1.15. The van der Waals surface area contributed by atoms with Crippen molar-refractivity contribution >= 4 is 11.8 Å². The fourth-order valence-electron chi connectivity index (χ4n) is 3.66. The van der Waals surface area contributed by atoms with Crippen LogP contribution in [0.15, 0.2) is 48.5 Å². The molecule has 0 unspecified atom stereocenters. The molecule has 2 aromatic carbocycles. The van der Waals surface area contributed by atoms with Crippen LogP contribution in [0.25, 0.3) is 0 Å². The van der Waals surface area contributed by atoms with Crippen LogP contribution in [0.4, 0.5) is 0 Å². The van der Waals surface area contributed by atoms with Gasteiger partial charge in [0.05, 0.1) is 6.61 Å². The number of piperazine rings is 1. The van der Waals surface area contributed by atoms with Crippen molar-refractivity contribution < 1.29 is 14.3 Å². The molecule has 166 valence electrons. The lowest BCUT2D eigenvalue weighted by Crippen LogP contribution is -2.50. The van der Waals surface area contributed by atoms with Crippen LogP contribution in [-0.4, -0.2) is 54.4 Å². The van der Waals surface area contributed by atoms with Gasteiger partial charge in [-0.1, -0.05) is 50.6 Å². The van der Waals surface area contributed by atoms with Crippen molar-refractivity contribution in [3.05, 3.63) is 65.2 Å². The minimum Gasteiger partial charge on any atom is -0.494 e. The Morgan fingerprint density at radius 3 is 2.03 bits per heavy atom. The monoisotopic (exact) mass is 422 g/mol. The molecule has 0 aliphatic carbocycles. The molecule has 0 atom stereocenters. The molecule has 5 nitrogen and oxygen atoms in total. The van der Waals surface area contributed by atoms with Gasteiger partial charge in [0.1, 0.15) is 5.75 Å². The third-order valence-corrected chi connectivity index (χ3v) is 5.74. The number of carbonyl (C=O) groups is 2. The summed E-state index contributed by atoms with van der Waals surface area (Å²) in [4.78, 5) is 28.8. The van der Waals surface area contributed by atoms with Crippen molar-refractivity contribution in [2.75, 3.05) is 32.8 Å². The van der Waals surface area contributed by atoms with Crippen LogP contribution in [0.3, 0.4) is 0 Å². The van der Waals surface area contributed by atoms with E-state index in [1.807, 2.05) is 53.1 Å². The van der Waals surface area contributed by atoms with E-state index in [0.29, 0.717) is 51.2 Å². The highest BCUT2D eigenvalue weighted by Crippen LogP contribution is 2.24. The van der Waals surface area contributed by atoms with E-state index in [1.54, 1.807) is 0 Å². The van der Waals surface area contributed by atoms with E-state index in [4.69, 9.17) is 4.74 Å². The maximum atomic E-state index is 12.6. The maximum absolute atomic E-state index is 12.6. The third-order valence-electron chi connectivity index (χ3n) is 5.74. The number of hydrogen-bond donors (Lipinski definition) is 0. The molecule has 0 bridgehead atoms. The van der Waals surface area contributed by atoms with Crippen LogP contribution in [0, 0.1) is 6.92 Å². The van der Waals surface area contributed by atoms with Gasteiger partial charge in [0, 0.05) is 38.2 Å². The van der Waals surface area contributed by atoms with Gasteiger partial charge in [-0.05, 0) is 48.6 Å². The molecule has 0 spiro atoms. The molecular formula is C26H34N2O3. The van der Waals surface area contributed by atoms with Crippen molar-refractivity contribution in [2.45, 2.75) is 46.0 Å². The predicted octanol–water partition coefficient (Wildman–Crippen LogP) is 4.44. The summed E-state index contributed by atoms with van der Waals surface area (Å²) in [7, 11) is 0. The highest BCUT2D eigenvalue weighted by Gasteiger charge is 2.24. The number of carbonyl (C=O) groups excluding carboxylic acids is 2. The Kier molecular flexibility index (Phi) is 7.37. The van der Waals surface area contributed by atoms with E-state index in [9.17, 15) is 9.59 Å². The Morgan fingerprint density at radius 1 is 0.871 bits per heavy atom. The van der Waals surface area contributed by atoms with Crippen molar-refractivity contribution in [3.63, 3.8) is 0 Å². The normalized spacial score (nSPS) is 14.5. The Balaban J connectivity index is 1.37. The van der Waals surface area contributed by atoms with Gasteiger partial charge >= 0.3 is 0 Å². The minimum atomic E-state index is 0.0398. The van der Waals surface area contributed by atoms with E-state index < -0.39 is 0 Å². The highest BCUT2D eigenvalue weighted by molar-refractivity contribution is 5.94. The summed E-state index contributed by atoms with van der Waals surface area (Å²) in [5.74, 6) is 1.01. The van der Waals surface area contributed by atoms with E-state index >= 15 is 0 Å². The van der Waals surface area contributed by atoms with E-state index in [-0.39, 0.29) is 17.2 Å². The Morgan fingerprint density at radius 2 is 1.45 bits per heavy atom. The number of ether oxygens (including phenoxy) is 1. The second-order valence-electron chi connectivity index (χ2n) is 9.27. The second kappa shape index (κ2) is 9.99. The number of aryl methyl sites for hydroxylation is 1. The van der Waals surface area contributed by atoms with E-state index in [1.165, 1.54) is 5.56 Å². The summed E-state index contributed by atoms with van der Waals surface area (Å²) >= 11 is 0. The lowest BCUT2D eigenvalue weighted by atomic mass is 9.87. The number of hydrogen-bond acceptors (Lipinski definition) is 3.